The van der Waals surface area contributed by atoms with Crippen molar-refractivity contribution in [2.75, 3.05) is 0 Å². The minimum absolute atomic E-state index is 0.430. The average molecular weight is 371 g/mol. The van der Waals surface area contributed by atoms with E-state index in [1.165, 1.54) is 16.7 Å². The summed E-state index contributed by atoms with van der Waals surface area (Å²) in [4.78, 5) is 4.92. The van der Waals surface area contributed by atoms with Crippen molar-refractivity contribution >= 4 is 11.9 Å². The van der Waals surface area contributed by atoms with Gasteiger partial charge in [-0.15, -0.1) is 0 Å². The molecule has 1 aliphatic heterocycles. The highest BCUT2D eigenvalue weighted by Gasteiger charge is 2.37. The van der Waals surface area contributed by atoms with E-state index in [-0.39, 0.29) is 0 Å². The summed E-state index contributed by atoms with van der Waals surface area (Å²) in [5, 5.41) is 0. The second kappa shape index (κ2) is 7.37. The minimum atomic E-state index is -0.430. The van der Waals surface area contributed by atoms with E-state index >= 15 is 0 Å². The summed E-state index contributed by atoms with van der Waals surface area (Å²) in [5.41, 5.74) is 6.52. The molecule has 0 aliphatic carbocycles. The van der Waals surface area contributed by atoms with Gasteiger partial charge in [-0.3, -0.25) is 4.99 Å². The van der Waals surface area contributed by atoms with Crippen LogP contribution in [0.25, 0.3) is 5.70 Å². The molecule has 0 fully saturated rings. The van der Waals surface area contributed by atoms with E-state index in [1.54, 1.807) is 0 Å². The smallest absolute Gasteiger partial charge is 0.0678 e. The van der Waals surface area contributed by atoms with Crippen LogP contribution in [0.5, 0.6) is 0 Å². The number of aliphatic imine (C=N–C) groups is 1. The Hall–Kier alpha value is -3.71. The Balaban J connectivity index is 1.90. The summed E-state index contributed by atoms with van der Waals surface area (Å²) in [7, 11) is 0. The van der Waals surface area contributed by atoms with Gasteiger partial charge in [0, 0.05) is 6.21 Å². The molecule has 1 nitrogen and oxygen atoms in total. The molecule has 0 unspecified atom stereocenters. The van der Waals surface area contributed by atoms with Gasteiger partial charge in [-0.05, 0) is 33.9 Å². The topological polar surface area (TPSA) is 12.4 Å². The molecule has 0 N–H and O–H groups in total. The van der Waals surface area contributed by atoms with Gasteiger partial charge in [0.25, 0.3) is 0 Å². The van der Waals surface area contributed by atoms with Crippen molar-refractivity contribution in [3.63, 3.8) is 0 Å². The molecule has 0 saturated carbocycles. The second-order valence-corrected chi connectivity index (χ2v) is 7.28. The van der Waals surface area contributed by atoms with Crippen LogP contribution in [0.2, 0.25) is 0 Å². The van der Waals surface area contributed by atoms with Crippen molar-refractivity contribution < 1.29 is 0 Å². The van der Waals surface area contributed by atoms with Gasteiger partial charge < -0.3 is 0 Å². The second-order valence-electron chi connectivity index (χ2n) is 7.28. The van der Waals surface area contributed by atoms with Gasteiger partial charge in [0.1, 0.15) is 0 Å². The van der Waals surface area contributed by atoms with E-state index < -0.39 is 5.41 Å². The molecule has 0 saturated heterocycles. The number of fused-ring (bicyclic) bond motifs is 1. The average Bonchev–Trinajstić information content (AvgIpc) is 2.99. The van der Waals surface area contributed by atoms with Crippen molar-refractivity contribution in [2.24, 2.45) is 4.99 Å². The summed E-state index contributed by atoms with van der Waals surface area (Å²) in [6.45, 7) is 0. The van der Waals surface area contributed by atoms with Crippen molar-refractivity contribution in [2.45, 2.75) is 5.41 Å². The molecule has 0 aromatic heterocycles. The third-order valence-corrected chi connectivity index (χ3v) is 5.61. The van der Waals surface area contributed by atoms with E-state index in [0.29, 0.717) is 0 Å². The Morgan fingerprint density at radius 2 is 1.03 bits per heavy atom. The van der Waals surface area contributed by atoms with E-state index in [9.17, 15) is 0 Å². The van der Waals surface area contributed by atoms with E-state index in [1.807, 2.05) is 12.3 Å². The lowest BCUT2D eigenvalue weighted by Gasteiger charge is -2.34. The first kappa shape index (κ1) is 17.4. The fourth-order valence-electron chi connectivity index (χ4n) is 4.24. The summed E-state index contributed by atoms with van der Waals surface area (Å²) < 4.78 is 0. The zero-order chi connectivity index (χ0) is 19.5. The molecule has 4 aromatic rings. The summed E-state index contributed by atoms with van der Waals surface area (Å²) >= 11 is 0. The molecule has 29 heavy (non-hydrogen) atoms. The highest BCUT2D eigenvalue weighted by atomic mass is 14.7. The number of nitrogens with zero attached hydrogens (tertiary/aromatic N) is 1. The standard InChI is InChI=1S/C28H21N/c1-4-12-22(13-5-1)27-20-28(24-15-6-2-7-16-24,25-17-8-3-9-18-25)26-19-11-10-14-23(26)21-29-27/h1-21H. The van der Waals surface area contributed by atoms with Gasteiger partial charge in [-0.1, -0.05) is 115 Å². The normalized spacial score (nSPS) is 14.6. The molecule has 138 valence electrons. The molecule has 1 heteroatoms. The molecule has 0 bridgehead atoms. The maximum Gasteiger partial charge on any atom is 0.0678 e. The molecule has 5 rings (SSSR count). The number of benzene rings is 4. The zero-order valence-electron chi connectivity index (χ0n) is 16.1. The molecular weight excluding hydrogens is 350 g/mol. The van der Waals surface area contributed by atoms with Crippen LogP contribution in [0.4, 0.5) is 0 Å². The van der Waals surface area contributed by atoms with Gasteiger partial charge in [0.2, 0.25) is 0 Å². The van der Waals surface area contributed by atoms with Gasteiger partial charge in [0.15, 0.2) is 0 Å². The lowest BCUT2D eigenvalue weighted by atomic mass is 9.68. The predicted molar refractivity (Wildman–Crippen MR) is 121 cm³/mol. The van der Waals surface area contributed by atoms with Crippen molar-refractivity contribution in [3.8, 4) is 0 Å². The third-order valence-electron chi connectivity index (χ3n) is 5.61. The van der Waals surface area contributed by atoms with E-state index in [2.05, 4.69) is 115 Å². The van der Waals surface area contributed by atoms with Crippen LogP contribution in [0.1, 0.15) is 27.8 Å². The minimum Gasteiger partial charge on any atom is -0.256 e. The van der Waals surface area contributed by atoms with Crippen LogP contribution in [0.3, 0.4) is 0 Å². The largest absolute Gasteiger partial charge is 0.256 e. The molecule has 1 aliphatic rings. The van der Waals surface area contributed by atoms with Crippen LogP contribution in [0, 0.1) is 0 Å². The fourth-order valence-corrected chi connectivity index (χ4v) is 4.24. The van der Waals surface area contributed by atoms with Gasteiger partial charge in [-0.2, -0.15) is 0 Å². The molecule has 1 heterocycles. The van der Waals surface area contributed by atoms with Crippen LogP contribution in [-0.4, -0.2) is 6.21 Å². The molecule has 0 amide bonds. The lowest BCUT2D eigenvalue weighted by molar-refractivity contribution is 0.780. The highest BCUT2D eigenvalue weighted by Crippen LogP contribution is 2.44. The van der Waals surface area contributed by atoms with Gasteiger partial charge >= 0.3 is 0 Å². The Labute approximate surface area is 171 Å². The summed E-state index contributed by atoms with van der Waals surface area (Å²) in [6.07, 6.45) is 4.33. The first-order chi connectivity index (χ1) is 14.4. The molecule has 0 radical (unpaired) electrons. The Morgan fingerprint density at radius 3 is 1.66 bits per heavy atom. The number of hydrogen-bond acceptors (Lipinski definition) is 1. The number of allylic oxidation sites excluding steroid dienone is 1. The molecule has 0 spiro atoms. The van der Waals surface area contributed by atoms with E-state index in [4.69, 9.17) is 4.99 Å². The Kier molecular flexibility index (Phi) is 4.42. The van der Waals surface area contributed by atoms with Gasteiger partial charge in [-0.25, -0.2) is 0 Å². The van der Waals surface area contributed by atoms with Crippen LogP contribution in [-0.2, 0) is 5.41 Å². The van der Waals surface area contributed by atoms with Crippen molar-refractivity contribution in [3.05, 3.63) is 149 Å². The third kappa shape index (κ3) is 3.01. The first-order valence-electron chi connectivity index (χ1n) is 9.91. The van der Waals surface area contributed by atoms with Crippen LogP contribution < -0.4 is 0 Å². The molecule has 0 atom stereocenters. The maximum absolute atomic E-state index is 4.92. The Morgan fingerprint density at radius 1 is 0.517 bits per heavy atom. The molecule has 4 aromatic carbocycles. The Bertz CT molecular complexity index is 1130. The quantitative estimate of drug-likeness (QED) is 0.390. The monoisotopic (exact) mass is 371 g/mol. The maximum atomic E-state index is 4.92. The zero-order valence-corrected chi connectivity index (χ0v) is 16.1. The van der Waals surface area contributed by atoms with Crippen molar-refractivity contribution in [1.29, 1.82) is 0 Å². The fraction of sp³-hybridized carbons (Fsp3) is 0.0357. The number of hydrogen-bond donors (Lipinski definition) is 0. The predicted octanol–water partition coefficient (Wildman–Crippen LogP) is 6.49. The highest BCUT2D eigenvalue weighted by molar-refractivity contribution is 5.91. The first-order valence-corrected chi connectivity index (χ1v) is 9.91. The van der Waals surface area contributed by atoms with Crippen molar-refractivity contribution in [1.82, 2.24) is 0 Å². The summed E-state index contributed by atoms with van der Waals surface area (Å²) in [6, 6.07) is 40.5. The van der Waals surface area contributed by atoms with Crippen LogP contribution in [0.15, 0.2) is 126 Å². The summed E-state index contributed by atoms with van der Waals surface area (Å²) in [5.74, 6) is 0. The molecular formula is C28H21N. The lowest BCUT2D eigenvalue weighted by Crippen LogP contribution is -2.28. The SMILES string of the molecule is C1=NC(c2ccccc2)=CC(c2ccccc2)(c2ccccc2)c2ccccc21. The van der Waals surface area contributed by atoms with Crippen LogP contribution >= 0.6 is 0 Å². The van der Waals surface area contributed by atoms with E-state index in [0.717, 1.165) is 16.8 Å². The number of rotatable bonds is 3. The van der Waals surface area contributed by atoms with Gasteiger partial charge in [0.05, 0.1) is 11.1 Å².